The molecule has 0 aromatic heterocycles. The average molecular weight is 418 g/mol. The van der Waals surface area contributed by atoms with Crippen LogP contribution in [0.2, 0.25) is 10.0 Å². The molecule has 0 radical (unpaired) electrons. The van der Waals surface area contributed by atoms with E-state index in [2.05, 4.69) is 6.58 Å². The Morgan fingerprint density at radius 3 is 2.33 bits per heavy atom. The van der Waals surface area contributed by atoms with Crippen molar-refractivity contribution in [2.75, 3.05) is 7.05 Å². The monoisotopic (exact) mass is 417 g/mol. The van der Waals surface area contributed by atoms with Gasteiger partial charge in [0.2, 0.25) is 0 Å². The second kappa shape index (κ2) is 7.17. The van der Waals surface area contributed by atoms with Crippen molar-refractivity contribution in [1.82, 2.24) is 4.90 Å². The number of benzene rings is 2. The lowest BCUT2D eigenvalue weighted by Crippen LogP contribution is -2.28. The van der Waals surface area contributed by atoms with Crippen molar-refractivity contribution in [3.8, 4) is 0 Å². The maximum absolute atomic E-state index is 14.6. The first-order valence-electron chi connectivity index (χ1n) is 7.89. The summed E-state index contributed by atoms with van der Waals surface area (Å²) in [6.07, 6.45) is 1.76. The van der Waals surface area contributed by atoms with Crippen LogP contribution >= 0.6 is 23.2 Å². The quantitative estimate of drug-likeness (QED) is 0.257. The molecule has 142 valence electrons. The molecule has 27 heavy (non-hydrogen) atoms. The van der Waals surface area contributed by atoms with Crippen LogP contribution < -0.4 is 0 Å². The first-order valence-corrected chi connectivity index (χ1v) is 8.65. The zero-order valence-corrected chi connectivity index (χ0v) is 15.5. The Morgan fingerprint density at radius 1 is 1.11 bits per heavy atom. The lowest BCUT2D eigenvalue weighted by molar-refractivity contribution is 0.0751. The second-order valence-electron chi connectivity index (χ2n) is 6.21. The molecule has 2 aromatic rings. The highest BCUT2D eigenvalue weighted by molar-refractivity contribution is 6.42. The fourth-order valence-electron chi connectivity index (χ4n) is 3.47. The molecule has 0 spiro atoms. The summed E-state index contributed by atoms with van der Waals surface area (Å²) in [5, 5.41) is 0.520. The molecule has 0 saturated heterocycles. The van der Waals surface area contributed by atoms with E-state index >= 15 is 0 Å². The highest BCUT2D eigenvalue weighted by Crippen LogP contribution is 2.47. The lowest BCUT2D eigenvalue weighted by Gasteiger charge is -2.30. The van der Waals surface area contributed by atoms with Crippen molar-refractivity contribution in [2.45, 2.75) is 18.4 Å². The van der Waals surface area contributed by atoms with Gasteiger partial charge in [0.05, 0.1) is 21.7 Å². The summed E-state index contributed by atoms with van der Waals surface area (Å²) in [4.78, 5) is 13.5. The number of halogens is 6. The summed E-state index contributed by atoms with van der Waals surface area (Å²) in [5.74, 6) is -8.81. The molecule has 3 rings (SSSR count). The zero-order chi connectivity index (χ0) is 20.0. The van der Waals surface area contributed by atoms with Gasteiger partial charge in [0.1, 0.15) is 0 Å². The number of nitrogens with zero attached hydrogens (tertiary/aromatic N) is 1. The maximum Gasteiger partial charge on any atom is 0.257 e. The number of likely N-dealkylation sites (N-methyl/N-ethyl adjacent to an activating group) is 1. The smallest absolute Gasteiger partial charge is 0.257 e. The van der Waals surface area contributed by atoms with Gasteiger partial charge in [-0.1, -0.05) is 35.3 Å². The molecule has 0 saturated carbocycles. The molecule has 0 aliphatic carbocycles. The Morgan fingerprint density at radius 2 is 1.74 bits per heavy atom. The standard InChI is InChI=1S/C19H13Cl2F4NO/c1-3-4-9(8-5-6-10(20)11(21)7-8)18-12-13(19(27)26(18)2)15(23)17(25)16(24)14(12)22/h3,5-7,9,18H,1,4H2,2H3. The number of carbonyl (C=O) groups is 1. The van der Waals surface area contributed by atoms with Gasteiger partial charge in [-0.05, 0) is 24.1 Å². The van der Waals surface area contributed by atoms with Crippen LogP contribution in [0.5, 0.6) is 0 Å². The normalized spacial score (nSPS) is 17.2. The molecule has 2 atom stereocenters. The van der Waals surface area contributed by atoms with E-state index in [4.69, 9.17) is 23.2 Å². The number of hydrogen-bond acceptors (Lipinski definition) is 1. The molecule has 2 nitrogen and oxygen atoms in total. The van der Waals surface area contributed by atoms with E-state index in [1.807, 2.05) is 0 Å². The fourth-order valence-corrected chi connectivity index (χ4v) is 3.78. The summed E-state index contributed by atoms with van der Waals surface area (Å²) in [7, 11) is 1.31. The Kier molecular flexibility index (Phi) is 5.23. The molecule has 0 N–H and O–H groups in total. The maximum atomic E-state index is 14.6. The van der Waals surface area contributed by atoms with Crippen molar-refractivity contribution in [2.24, 2.45) is 0 Å². The minimum atomic E-state index is -2.01. The largest absolute Gasteiger partial charge is 0.334 e. The third-order valence-electron chi connectivity index (χ3n) is 4.72. The van der Waals surface area contributed by atoms with E-state index in [1.165, 1.54) is 25.3 Å². The molecule has 1 aliphatic heterocycles. The third kappa shape index (κ3) is 3.01. The summed E-state index contributed by atoms with van der Waals surface area (Å²) in [6, 6.07) is 3.59. The number of carbonyl (C=O) groups excluding carboxylic acids is 1. The van der Waals surface area contributed by atoms with Crippen LogP contribution in [0, 0.1) is 23.3 Å². The van der Waals surface area contributed by atoms with Crippen molar-refractivity contribution in [3.63, 3.8) is 0 Å². The van der Waals surface area contributed by atoms with Gasteiger partial charge in [-0.25, -0.2) is 17.6 Å². The predicted octanol–water partition coefficient (Wildman–Crippen LogP) is 6.04. The number of amides is 1. The SMILES string of the molecule is C=CCC(c1ccc(Cl)c(Cl)c1)C1c2c(F)c(F)c(F)c(F)c2C(=O)N1C. The van der Waals surface area contributed by atoms with Gasteiger partial charge < -0.3 is 4.90 Å². The first kappa shape index (κ1) is 19.7. The minimum absolute atomic E-state index is 0.229. The van der Waals surface area contributed by atoms with Crippen molar-refractivity contribution in [3.05, 3.63) is 80.9 Å². The van der Waals surface area contributed by atoms with E-state index < -0.39 is 52.3 Å². The third-order valence-corrected chi connectivity index (χ3v) is 5.46. The number of rotatable bonds is 4. The minimum Gasteiger partial charge on any atom is -0.334 e. The Bertz CT molecular complexity index is 963. The summed E-state index contributed by atoms with van der Waals surface area (Å²) >= 11 is 12.0. The van der Waals surface area contributed by atoms with Crippen LogP contribution in [-0.2, 0) is 0 Å². The Balaban J connectivity index is 2.25. The fraction of sp³-hybridized carbons (Fsp3) is 0.211. The van der Waals surface area contributed by atoms with Crippen LogP contribution in [0.4, 0.5) is 17.6 Å². The molecule has 2 unspecified atom stereocenters. The van der Waals surface area contributed by atoms with Crippen LogP contribution in [0.3, 0.4) is 0 Å². The summed E-state index contributed by atoms with van der Waals surface area (Å²) in [6.45, 7) is 3.64. The van der Waals surface area contributed by atoms with E-state index in [1.54, 1.807) is 6.07 Å². The number of hydrogen-bond donors (Lipinski definition) is 0. The van der Waals surface area contributed by atoms with Crippen molar-refractivity contribution in [1.29, 1.82) is 0 Å². The second-order valence-corrected chi connectivity index (χ2v) is 7.02. The van der Waals surface area contributed by atoms with Gasteiger partial charge in [0.15, 0.2) is 23.3 Å². The molecule has 8 heteroatoms. The average Bonchev–Trinajstić information content (AvgIpc) is 2.90. The van der Waals surface area contributed by atoms with Crippen LogP contribution in [0.25, 0.3) is 0 Å². The summed E-state index contributed by atoms with van der Waals surface area (Å²) < 4.78 is 56.3. The number of fused-ring (bicyclic) bond motifs is 1. The molecule has 1 heterocycles. The van der Waals surface area contributed by atoms with E-state index in [0.29, 0.717) is 10.6 Å². The highest BCUT2D eigenvalue weighted by atomic mass is 35.5. The van der Waals surface area contributed by atoms with Crippen molar-refractivity contribution < 1.29 is 22.4 Å². The van der Waals surface area contributed by atoms with Gasteiger partial charge in [-0.2, -0.15) is 0 Å². The van der Waals surface area contributed by atoms with E-state index in [0.717, 1.165) is 4.90 Å². The molecule has 1 aliphatic rings. The molecule has 0 bridgehead atoms. The van der Waals surface area contributed by atoms with Gasteiger partial charge in [-0.3, -0.25) is 4.79 Å². The predicted molar refractivity (Wildman–Crippen MR) is 95.1 cm³/mol. The topological polar surface area (TPSA) is 20.3 Å². The lowest BCUT2D eigenvalue weighted by atomic mass is 9.84. The van der Waals surface area contributed by atoms with Gasteiger partial charge >= 0.3 is 0 Å². The van der Waals surface area contributed by atoms with E-state index in [-0.39, 0.29) is 11.4 Å². The molecular formula is C19H13Cl2F4NO. The van der Waals surface area contributed by atoms with Gasteiger partial charge in [-0.15, -0.1) is 6.58 Å². The Labute approximate surface area is 163 Å². The van der Waals surface area contributed by atoms with Crippen LogP contribution in [0.15, 0.2) is 30.9 Å². The van der Waals surface area contributed by atoms with Crippen molar-refractivity contribution >= 4 is 29.1 Å². The van der Waals surface area contributed by atoms with Gasteiger partial charge in [0, 0.05) is 18.5 Å². The molecular weight excluding hydrogens is 405 g/mol. The first-order chi connectivity index (χ1) is 12.7. The van der Waals surface area contributed by atoms with Gasteiger partial charge in [0.25, 0.3) is 5.91 Å². The molecule has 2 aromatic carbocycles. The molecule has 0 fully saturated rings. The highest BCUT2D eigenvalue weighted by Gasteiger charge is 2.45. The summed E-state index contributed by atoms with van der Waals surface area (Å²) in [5.41, 5.74) is -0.754. The van der Waals surface area contributed by atoms with Crippen LogP contribution in [-0.4, -0.2) is 17.9 Å². The Hall–Kier alpha value is -2.05. The van der Waals surface area contributed by atoms with Crippen LogP contribution in [0.1, 0.15) is 39.9 Å². The van der Waals surface area contributed by atoms with E-state index in [9.17, 15) is 22.4 Å². The number of allylic oxidation sites excluding steroid dienone is 1. The molecule has 1 amide bonds. The zero-order valence-electron chi connectivity index (χ0n) is 14.0.